The van der Waals surface area contributed by atoms with Crippen LogP contribution in [0.4, 0.5) is 0 Å². The van der Waals surface area contributed by atoms with Crippen molar-refractivity contribution in [3.05, 3.63) is 33.8 Å². The van der Waals surface area contributed by atoms with Crippen molar-refractivity contribution in [2.45, 2.75) is 31.9 Å². The predicted molar refractivity (Wildman–Crippen MR) is 106 cm³/mol. The number of hydrogen-bond acceptors (Lipinski definition) is 3. The summed E-state index contributed by atoms with van der Waals surface area (Å²) >= 11 is 12.0. The number of nitrogens with one attached hydrogen (secondary N) is 2. The molecule has 0 amide bonds. The number of benzene rings is 1. The Balaban J connectivity index is 1.94. The van der Waals surface area contributed by atoms with Crippen LogP contribution in [0, 0.1) is 5.92 Å². The van der Waals surface area contributed by atoms with Crippen molar-refractivity contribution in [2.24, 2.45) is 10.9 Å². The smallest absolute Gasteiger partial charge is 0.191 e. The minimum absolute atomic E-state index is 0.332. The molecule has 0 bridgehead atoms. The molecule has 1 fully saturated rings. The van der Waals surface area contributed by atoms with Crippen LogP contribution in [0.25, 0.3) is 0 Å². The van der Waals surface area contributed by atoms with E-state index in [9.17, 15) is 5.11 Å². The van der Waals surface area contributed by atoms with E-state index >= 15 is 0 Å². The standard InChI is InChI=1S/C18H28Cl2N4O/c1-4-21-18(22-10-16(24(2)3)12-5-6-12)23-11-17(25)13-7-14(19)9-15(20)8-13/h7-9,12,16-17,25H,4-6,10-11H2,1-3H3,(H2,21,22,23). The molecule has 2 atom stereocenters. The lowest BCUT2D eigenvalue weighted by atomic mass is 10.1. The molecule has 1 aliphatic carbocycles. The average Bonchev–Trinajstić information content (AvgIpc) is 3.36. The van der Waals surface area contributed by atoms with Crippen LogP contribution in [0.3, 0.4) is 0 Å². The van der Waals surface area contributed by atoms with E-state index in [1.165, 1.54) is 12.8 Å². The van der Waals surface area contributed by atoms with Gasteiger partial charge in [-0.25, -0.2) is 0 Å². The molecule has 25 heavy (non-hydrogen) atoms. The number of aliphatic hydroxyl groups excluding tert-OH is 1. The molecule has 3 N–H and O–H groups in total. The molecule has 0 spiro atoms. The fourth-order valence-electron chi connectivity index (χ4n) is 2.82. The lowest BCUT2D eigenvalue weighted by Crippen LogP contribution is -2.41. The third kappa shape index (κ3) is 6.66. The summed E-state index contributed by atoms with van der Waals surface area (Å²) in [5.41, 5.74) is 0.685. The zero-order chi connectivity index (χ0) is 18.4. The number of guanidine groups is 1. The number of halogens is 2. The average molecular weight is 387 g/mol. The maximum absolute atomic E-state index is 10.4. The van der Waals surface area contributed by atoms with Crippen LogP contribution in [0.2, 0.25) is 10.0 Å². The summed E-state index contributed by atoms with van der Waals surface area (Å²) in [4.78, 5) is 6.93. The van der Waals surface area contributed by atoms with E-state index in [4.69, 9.17) is 23.2 Å². The van der Waals surface area contributed by atoms with Crippen molar-refractivity contribution in [3.63, 3.8) is 0 Å². The third-order valence-corrected chi connectivity index (χ3v) is 4.78. The largest absolute Gasteiger partial charge is 0.387 e. The Kier molecular flexibility index (Phi) is 7.81. The SMILES string of the molecule is CCNC(=NCC(C1CC1)N(C)C)NCC(O)c1cc(Cl)cc(Cl)c1. The van der Waals surface area contributed by atoms with E-state index in [1.54, 1.807) is 18.2 Å². The van der Waals surface area contributed by atoms with Crippen LogP contribution < -0.4 is 10.6 Å². The van der Waals surface area contributed by atoms with Crippen molar-refractivity contribution in [1.29, 1.82) is 0 Å². The Morgan fingerprint density at radius 2 is 1.88 bits per heavy atom. The molecule has 7 heteroatoms. The number of aliphatic hydroxyl groups is 1. The van der Waals surface area contributed by atoms with Gasteiger partial charge in [0.2, 0.25) is 0 Å². The molecule has 1 aliphatic rings. The summed E-state index contributed by atoms with van der Waals surface area (Å²) < 4.78 is 0. The second-order valence-electron chi connectivity index (χ2n) is 6.69. The second-order valence-corrected chi connectivity index (χ2v) is 7.56. The van der Waals surface area contributed by atoms with Gasteiger partial charge in [0, 0.05) is 29.2 Å². The van der Waals surface area contributed by atoms with Gasteiger partial charge in [0.1, 0.15) is 0 Å². The van der Waals surface area contributed by atoms with Crippen molar-refractivity contribution >= 4 is 29.2 Å². The summed E-state index contributed by atoms with van der Waals surface area (Å²) in [7, 11) is 4.21. The normalized spacial score (nSPS) is 17.5. The van der Waals surface area contributed by atoms with Crippen molar-refractivity contribution in [1.82, 2.24) is 15.5 Å². The highest BCUT2D eigenvalue weighted by atomic mass is 35.5. The van der Waals surface area contributed by atoms with Crippen LogP contribution in [0.1, 0.15) is 31.4 Å². The van der Waals surface area contributed by atoms with Crippen molar-refractivity contribution in [2.75, 3.05) is 33.7 Å². The number of aliphatic imine (C=N–C) groups is 1. The minimum Gasteiger partial charge on any atom is -0.387 e. The first-order valence-electron chi connectivity index (χ1n) is 8.73. The number of hydrogen-bond donors (Lipinski definition) is 3. The van der Waals surface area contributed by atoms with E-state index in [-0.39, 0.29) is 0 Å². The molecule has 140 valence electrons. The second kappa shape index (κ2) is 9.62. The van der Waals surface area contributed by atoms with Gasteiger partial charge >= 0.3 is 0 Å². The van der Waals surface area contributed by atoms with E-state index in [2.05, 4.69) is 34.6 Å². The van der Waals surface area contributed by atoms with Gasteiger partial charge in [-0.1, -0.05) is 23.2 Å². The quantitative estimate of drug-likeness (QED) is 0.474. The molecule has 1 saturated carbocycles. The molecular formula is C18H28Cl2N4O. The molecule has 1 aromatic carbocycles. The maximum Gasteiger partial charge on any atom is 0.191 e. The van der Waals surface area contributed by atoms with Crippen LogP contribution in [-0.2, 0) is 0 Å². The van der Waals surface area contributed by atoms with Crippen LogP contribution >= 0.6 is 23.2 Å². The lowest BCUT2D eigenvalue weighted by molar-refractivity contribution is 0.181. The zero-order valence-electron chi connectivity index (χ0n) is 15.1. The molecular weight excluding hydrogens is 359 g/mol. The molecule has 0 radical (unpaired) electrons. The van der Waals surface area contributed by atoms with Crippen molar-refractivity contribution < 1.29 is 5.11 Å². The van der Waals surface area contributed by atoms with E-state index in [0.717, 1.165) is 19.0 Å². The zero-order valence-corrected chi connectivity index (χ0v) is 16.6. The van der Waals surface area contributed by atoms with Gasteiger partial charge in [-0.3, -0.25) is 4.99 Å². The van der Waals surface area contributed by atoms with Crippen LogP contribution in [-0.4, -0.2) is 55.7 Å². The molecule has 2 unspecified atom stereocenters. The van der Waals surface area contributed by atoms with Gasteiger partial charge < -0.3 is 20.6 Å². The maximum atomic E-state index is 10.4. The molecule has 2 rings (SSSR count). The van der Waals surface area contributed by atoms with Crippen molar-refractivity contribution in [3.8, 4) is 0 Å². The van der Waals surface area contributed by atoms with Crippen LogP contribution in [0.5, 0.6) is 0 Å². The molecule has 0 aliphatic heterocycles. The molecule has 5 nitrogen and oxygen atoms in total. The number of rotatable bonds is 8. The number of nitrogens with zero attached hydrogens (tertiary/aromatic N) is 2. The lowest BCUT2D eigenvalue weighted by Gasteiger charge is -2.23. The molecule has 0 saturated heterocycles. The Morgan fingerprint density at radius 1 is 1.24 bits per heavy atom. The Bertz CT molecular complexity index is 568. The van der Waals surface area contributed by atoms with E-state index < -0.39 is 6.10 Å². The fourth-order valence-corrected chi connectivity index (χ4v) is 3.36. The topological polar surface area (TPSA) is 59.9 Å². The van der Waals surface area contributed by atoms with Gasteiger partial charge in [0.15, 0.2) is 5.96 Å². The highest BCUT2D eigenvalue weighted by molar-refractivity contribution is 6.34. The molecule has 1 aromatic rings. The van der Waals surface area contributed by atoms with Gasteiger partial charge in [0.25, 0.3) is 0 Å². The minimum atomic E-state index is -0.715. The fraction of sp³-hybridized carbons (Fsp3) is 0.611. The first-order chi connectivity index (χ1) is 11.9. The summed E-state index contributed by atoms with van der Waals surface area (Å²) in [5, 5.41) is 17.8. The monoisotopic (exact) mass is 386 g/mol. The Morgan fingerprint density at radius 3 is 2.40 bits per heavy atom. The highest BCUT2D eigenvalue weighted by Crippen LogP contribution is 2.34. The summed E-state index contributed by atoms with van der Waals surface area (Å²) in [5.74, 6) is 1.46. The highest BCUT2D eigenvalue weighted by Gasteiger charge is 2.32. The Labute approximate surface area is 160 Å². The van der Waals surface area contributed by atoms with Gasteiger partial charge in [-0.15, -0.1) is 0 Å². The third-order valence-electron chi connectivity index (χ3n) is 4.34. The van der Waals surface area contributed by atoms with Gasteiger partial charge in [-0.05, 0) is 63.5 Å². The predicted octanol–water partition coefficient (Wildman–Crippen LogP) is 2.92. The molecule has 0 heterocycles. The molecule has 0 aromatic heterocycles. The summed E-state index contributed by atoms with van der Waals surface area (Å²) in [6.45, 7) is 3.86. The van der Waals surface area contributed by atoms with E-state index in [0.29, 0.717) is 34.2 Å². The van der Waals surface area contributed by atoms with Gasteiger partial charge in [0.05, 0.1) is 12.6 Å². The summed E-state index contributed by atoms with van der Waals surface area (Å²) in [6, 6.07) is 5.56. The first-order valence-corrected chi connectivity index (χ1v) is 9.49. The first kappa shape index (κ1) is 20.3. The van der Waals surface area contributed by atoms with Gasteiger partial charge in [-0.2, -0.15) is 0 Å². The van der Waals surface area contributed by atoms with Crippen LogP contribution in [0.15, 0.2) is 23.2 Å². The summed E-state index contributed by atoms with van der Waals surface area (Å²) in [6.07, 6.45) is 1.86. The van der Waals surface area contributed by atoms with E-state index in [1.807, 2.05) is 6.92 Å². The Hall–Kier alpha value is -1.01. The number of likely N-dealkylation sites (N-methyl/N-ethyl adjacent to an activating group) is 1.